The molecule has 0 bridgehead atoms. The van der Waals surface area contributed by atoms with Gasteiger partial charge in [0, 0.05) is 33.2 Å². The number of nitrogens with one attached hydrogen (secondary N) is 1. The van der Waals surface area contributed by atoms with E-state index < -0.39 is 10.2 Å². The molecule has 0 spiro atoms. The highest BCUT2D eigenvalue weighted by Crippen LogP contribution is 2.26. The molecule has 2 fully saturated rings. The van der Waals surface area contributed by atoms with Crippen LogP contribution in [0.1, 0.15) is 6.42 Å². The Morgan fingerprint density at radius 3 is 2.64 bits per heavy atom. The van der Waals surface area contributed by atoms with Crippen LogP contribution in [0, 0.1) is 5.92 Å². The lowest BCUT2D eigenvalue weighted by atomic mass is 10.1. The molecule has 14 heavy (non-hydrogen) atoms. The molecule has 2 atom stereocenters. The summed E-state index contributed by atoms with van der Waals surface area (Å²) in [7, 11) is -0.0316. The first-order valence-electron chi connectivity index (χ1n) is 4.93. The summed E-state index contributed by atoms with van der Waals surface area (Å²) in [5.41, 5.74) is 0. The second-order valence-corrected chi connectivity index (χ2v) is 6.36. The third-order valence-electron chi connectivity index (χ3n) is 3.12. The monoisotopic (exact) mass is 219 g/mol. The van der Waals surface area contributed by atoms with Crippen LogP contribution in [0.2, 0.25) is 0 Å². The smallest absolute Gasteiger partial charge is 0.281 e. The molecule has 0 aromatic heterocycles. The Bertz CT molecular complexity index is 303. The minimum Gasteiger partial charge on any atom is -0.312 e. The number of rotatable bonds is 2. The van der Waals surface area contributed by atoms with Crippen molar-refractivity contribution in [2.45, 2.75) is 12.5 Å². The molecule has 2 unspecified atom stereocenters. The third-order valence-corrected chi connectivity index (χ3v) is 4.99. The summed E-state index contributed by atoms with van der Waals surface area (Å²) >= 11 is 0. The number of hydrogen-bond acceptors (Lipinski definition) is 3. The summed E-state index contributed by atoms with van der Waals surface area (Å²) in [6, 6.07) is 0.379. The van der Waals surface area contributed by atoms with E-state index in [1.807, 2.05) is 0 Å². The zero-order valence-electron chi connectivity index (χ0n) is 8.60. The summed E-state index contributed by atoms with van der Waals surface area (Å²) < 4.78 is 26.4. The van der Waals surface area contributed by atoms with Gasteiger partial charge in [0.05, 0.1) is 0 Å². The van der Waals surface area contributed by atoms with Crippen LogP contribution in [0.4, 0.5) is 0 Å². The molecule has 0 aromatic carbocycles. The average Bonchev–Trinajstić information content (AvgIpc) is 2.60. The van der Waals surface area contributed by atoms with Gasteiger partial charge in [-0.3, -0.25) is 0 Å². The first-order chi connectivity index (χ1) is 6.51. The minimum absolute atomic E-state index is 0.379. The second-order valence-electron chi connectivity index (χ2n) is 4.22. The van der Waals surface area contributed by atoms with Gasteiger partial charge >= 0.3 is 0 Å². The van der Waals surface area contributed by atoms with Gasteiger partial charge in [0.15, 0.2) is 0 Å². The van der Waals surface area contributed by atoms with Crippen LogP contribution < -0.4 is 5.32 Å². The molecular formula is C8H17N3O2S. The average molecular weight is 219 g/mol. The molecule has 0 aromatic rings. The van der Waals surface area contributed by atoms with E-state index in [1.165, 1.54) is 4.31 Å². The largest absolute Gasteiger partial charge is 0.312 e. The number of hydrogen-bond donors (Lipinski definition) is 1. The lowest BCUT2D eigenvalue weighted by Gasteiger charge is -2.21. The summed E-state index contributed by atoms with van der Waals surface area (Å²) in [5.74, 6) is 0.518. The first kappa shape index (κ1) is 10.4. The van der Waals surface area contributed by atoms with Crippen LogP contribution >= 0.6 is 0 Å². The molecule has 6 heteroatoms. The van der Waals surface area contributed by atoms with Crippen molar-refractivity contribution in [3.8, 4) is 0 Å². The fourth-order valence-electron chi connectivity index (χ4n) is 2.23. The molecule has 0 saturated carbocycles. The Kier molecular flexibility index (Phi) is 2.55. The van der Waals surface area contributed by atoms with Gasteiger partial charge in [0.1, 0.15) is 0 Å². The molecule has 0 amide bonds. The van der Waals surface area contributed by atoms with Crippen molar-refractivity contribution >= 4 is 10.2 Å². The maximum absolute atomic E-state index is 11.8. The van der Waals surface area contributed by atoms with Crippen LogP contribution in [0.25, 0.3) is 0 Å². The molecule has 82 valence electrons. The summed E-state index contributed by atoms with van der Waals surface area (Å²) in [6.45, 7) is 2.34. The van der Waals surface area contributed by atoms with Crippen molar-refractivity contribution in [1.82, 2.24) is 13.9 Å². The van der Waals surface area contributed by atoms with E-state index in [2.05, 4.69) is 5.32 Å². The van der Waals surface area contributed by atoms with E-state index in [9.17, 15) is 8.42 Å². The predicted molar refractivity (Wildman–Crippen MR) is 54.1 cm³/mol. The zero-order chi connectivity index (χ0) is 10.3. The van der Waals surface area contributed by atoms with E-state index in [-0.39, 0.29) is 0 Å². The molecule has 0 aliphatic carbocycles. The zero-order valence-corrected chi connectivity index (χ0v) is 9.42. The van der Waals surface area contributed by atoms with Gasteiger partial charge in [-0.25, -0.2) is 0 Å². The van der Waals surface area contributed by atoms with Crippen LogP contribution in [0.3, 0.4) is 0 Å². The van der Waals surface area contributed by atoms with Gasteiger partial charge in [-0.1, -0.05) is 0 Å². The predicted octanol–water partition coefficient (Wildman–Crippen LogP) is -0.913. The van der Waals surface area contributed by atoms with Crippen molar-refractivity contribution in [2.24, 2.45) is 5.92 Å². The summed E-state index contributed by atoms with van der Waals surface area (Å²) in [4.78, 5) is 0. The summed E-state index contributed by atoms with van der Waals surface area (Å²) in [5, 5.41) is 3.33. The molecule has 1 N–H and O–H groups in total. The minimum atomic E-state index is -3.19. The third kappa shape index (κ3) is 1.56. The highest BCUT2D eigenvalue weighted by atomic mass is 32.2. The van der Waals surface area contributed by atoms with Crippen LogP contribution in [-0.4, -0.2) is 56.8 Å². The Hall–Kier alpha value is -0.170. The first-order valence-corrected chi connectivity index (χ1v) is 6.32. The molecule has 2 saturated heterocycles. The Balaban J connectivity index is 2.09. The standard InChI is InChI=1S/C8H17N3O2S/c1-10(2)14(12,13)11-5-7-3-4-9-8(7)6-11/h7-9H,3-6H2,1-2H3. The van der Waals surface area contributed by atoms with Crippen molar-refractivity contribution in [3.63, 3.8) is 0 Å². The van der Waals surface area contributed by atoms with Crippen molar-refractivity contribution in [3.05, 3.63) is 0 Å². The van der Waals surface area contributed by atoms with Crippen molar-refractivity contribution in [1.29, 1.82) is 0 Å². The van der Waals surface area contributed by atoms with E-state index in [1.54, 1.807) is 18.4 Å². The van der Waals surface area contributed by atoms with E-state index in [0.29, 0.717) is 25.0 Å². The maximum Gasteiger partial charge on any atom is 0.281 e. The van der Waals surface area contributed by atoms with Crippen LogP contribution in [0.15, 0.2) is 0 Å². The van der Waals surface area contributed by atoms with Crippen molar-refractivity contribution < 1.29 is 8.42 Å². The fraction of sp³-hybridized carbons (Fsp3) is 1.00. The maximum atomic E-state index is 11.8. The highest BCUT2D eigenvalue weighted by molar-refractivity contribution is 7.86. The molecule has 2 rings (SSSR count). The molecule has 2 aliphatic rings. The summed E-state index contributed by atoms with van der Waals surface area (Å²) in [6.07, 6.45) is 1.10. The van der Waals surface area contributed by atoms with E-state index in [0.717, 1.165) is 13.0 Å². The Labute approximate surface area is 85.2 Å². The number of nitrogens with zero attached hydrogens (tertiary/aromatic N) is 2. The van der Waals surface area contributed by atoms with Crippen molar-refractivity contribution in [2.75, 3.05) is 33.7 Å². The molecule has 2 aliphatic heterocycles. The molecular weight excluding hydrogens is 202 g/mol. The molecule has 2 heterocycles. The van der Waals surface area contributed by atoms with Gasteiger partial charge in [-0.05, 0) is 18.9 Å². The second kappa shape index (κ2) is 3.44. The van der Waals surface area contributed by atoms with Gasteiger partial charge in [0.25, 0.3) is 10.2 Å². The van der Waals surface area contributed by atoms with Crippen LogP contribution in [0.5, 0.6) is 0 Å². The van der Waals surface area contributed by atoms with Gasteiger partial charge < -0.3 is 5.32 Å². The normalized spacial score (nSPS) is 33.9. The van der Waals surface area contributed by atoms with Gasteiger partial charge in [-0.2, -0.15) is 17.0 Å². The lowest BCUT2D eigenvalue weighted by Crippen LogP contribution is -2.40. The lowest BCUT2D eigenvalue weighted by molar-refractivity contribution is 0.403. The molecule has 0 radical (unpaired) electrons. The van der Waals surface area contributed by atoms with E-state index in [4.69, 9.17) is 0 Å². The fourth-order valence-corrected chi connectivity index (χ4v) is 3.42. The van der Waals surface area contributed by atoms with Crippen LogP contribution in [-0.2, 0) is 10.2 Å². The molecule has 5 nitrogen and oxygen atoms in total. The van der Waals surface area contributed by atoms with Gasteiger partial charge in [0.2, 0.25) is 0 Å². The number of fused-ring (bicyclic) bond motifs is 1. The van der Waals surface area contributed by atoms with E-state index >= 15 is 0 Å². The Morgan fingerprint density at radius 2 is 2.07 bits per heavy atom. The Morgan fingerprint density at radius 1 is 1.36 bits per heavy atom. The SMILES string of the molecule is CN(C)S(=O)(=O)N1CC2CCNC2C1. The quantitative estimate of drug-likeness (QED) is 0.654. The topological polar surface area (TPSA) is 52.7 Å². The highest BCUT2D eigenvalue weighted by Gasteiger charge is 2.41. The van der Waals surface area contributed by atoms with Gasteiger partial charge in [-0.15, -0.1) is 0 Å².